The first-order valence-corrected chi connectivity index (χ1v) is 10.6. The van der Waals surface area contributed by atoms with E-state index in [1.54, 1.807) is 24.3 Å². The molecule has 138 valence electrons. The van der Waals surface area contributed by atoms with Crippen LogP contribution < -0.4 is 10.1 Å². The predicted molar refractivity (Wildman–Crippen MR) is 101 cm³/mol. The molecule has 3 rings (SSSR count). The Morgan fingerprint density at radius 1 is 1.19 bits per heavy atom. The second kappa shape index (κ2) is 8.10. The Balaban J connectivity index is 1.56. The number of carbonyl (C=O) groups excluding carboxylic acids is 1. The number of rotatable bonds is 6. The van der Waals surface area contributed by atoms with E-state index in [0.717, 1.165) is 11.3 Å². The smallest absolute Gasteiger partial charge is 0.221 e. The van der Waals surface area contributed by atoms with Crippen molar-refractivity contribution in [3.05, 3.63) is 64.7 Å². The molecule has 0 aliphatic carbocycles. The fourth-order valence-electron chi connectivity index (χ4n) is 2.96. The van der Waals surface area contributed by atoms with Crippen LogP contribution in [0.15, 0.2) is 48.5 Å². The van der Waals surface area contributed by atoms with Gasteiger partial charge in [0.05, 0.1) is 24.2 Å². The fraction of sp³-hybridized carbons (Fsp3) is 0.316. The Bertz CT molecular complexity index is 898. The van der Waals surface area contributed by atoms with E-state index >= 15 is 0 Å². The molecule has 1 aliphatic heterocycles. The van der Waals surface area contributed by atoms with Gasteiger partial charge in [-0.1, -0.05) is 41.9 Å². The van der Waals surface area contributed by atoms with Crippen LogP contribution in [0.4, 0.5) is 0 Å². The molecule has 2 aromatic rings. The lowest BCUT2D eigenvalue weighted by Gasteiger charge is -2.26. The minimum Gasteiger partial charge on any atom is -0.493 e. The summed E-state index contributed by atoms with van der Waals surface area (Å²) in [6.45, 7) is 0.523. The third-order valence-corrected chi connectivity index (χ3v) is 6.04. The van der Waals surface area contributed by atoms with Crippen LogP contribution in [0.2, 0.25) is 5.02 Å². The summed E-state index contributed by atoms with van der Waals surface area (Å²) >= 11 is 5.88. The van der Waals surface area contributed by atoms with Crippen molar-refractivity contribution in [2.75, 3.05) is 12.4 Å². The molecule has 0 bridgehead atoms. The molecule has 0 saturated heterocycles. The van der Waals surface area contributed by atoms with Crippen molar-refractivity contribution in [3.8, 4) is 5.75 Å². The van der Waals surface area contributed by atoms with Crippen LogP contribution in [0.5, 0.6) is 5.75 Å². The molecule has 0 fully saturated rings. The summed E-state index contributed by atoms with van der Waals surface area (Å²) in [7, 11) is -3.39. The number of ether oxygens (including phenoxy) is 1. The average Bonchev–Trinajstić information content (AvgIpc) is 2.60. The van der Waals surface area contributed by atoms with Gasteiger partial charge in [0.25, 0.3) is 0 Å². The number of benzene rings is 2. The third-order valence-electron chi connectivity index (χ3n) is 4.21. The van der Waals surface area contributed by atoms with Crippen molar-refractivity contribution < 1.29 is 17.9 Å². The van der Waals surface area contributed by atoms with Gasteiger partial charge < -0.3 is 10.1 Å². The first kappa shape index (κ1) is 18.7. The summed E-state index contributed by atoms with van der Waals surface area (Å²) in [5.74, 6) is 0.163. The zero-order chi connectivity index (χ0) is 18.6. The Morgan fingerprint density at radius 3 is 2.81 bits per heavy atom. The van der Waals surface area contributed by atoms with Crippen LogP contribution in [0.25, 0.3) is 0 Å². The summed E-state index contributed by atoms with van der Waals surface area (Å²) in [5, 5.41) is 3.41. The maximum Gasteiger partial charge on any atom is 0.221 e. The normalized spacial score (nSPS) is 16.4. The number of sulfone groups is 1. The van der Waals surface area contributed by atoms with E-state index in [-0.39, 0.29) is 29.9 Å². The van der Waals surface area contributed by atoms with Crippen LogP contribution in [-0.2, 0) is 20.4 Å². The van der Waals surface area contributed by atoms with Gasteiger partial charge in [0, 0.05) is 23.4 Å². The standard InChI is InChI=1S/C19H20ClNO4S/c20-15-5-3-4-14(12-15)13-26(23,24)11-9-19(22)21-17-8-10-25-18-7-2-1-6-16(17)18/h1-7,12,17H,8-11,13H2,(H,21,22)/t17-/m1/s1. The molecule has 26 heavy (non-hydrogen) atoms. The molecule has 1 heterocycles. The first-order valence-electron chi connectivity index (χ1n) is 8.39. The number of hydrogen-bond donors (Lipinski definition) is 1. The van der Waals surface area contributed by atoms with Crippen molar-refractivity contribution in [3.63, 3.8) is 0 Å². The lowest BCUT2D eigenvalue weighted by Crippen LogP contribution is -2.33. The lowest BCUT2D eigenvalue weighted by atomic mass is 10.0. The number of hydrogen-bond acceptors (Lipinski definition) is 4. The topological polar surface area (TPSA) is 72.5 Å². The van der Waals surface area contributed by atoms with Gasteiger partial charge in [0.1, 0.15) is 5.75 Å². The molecule has 2 aromatic carbocycles. The summed E-state index contributed by atoms with van der Waals surface area (Å²) in [5.41, 5.74) is 1.55. The highest BCUT2D eigenvalue weighted by atomic mass is 35.5. The molecule has 0 unspecified atom stereocenters. The number of fused-ring (bicyclic) bond motifs is 1. The largest absolute Gasteiger partial charge is 0.493 e. The number of carbonyl (C=O) groups is 1. The zero-order valence-corrected chi connectivity index (χ0v) is 15.7. The van der Waals surface area contributed by atoms with Gasteiger partial charge >= 0.3 is 0 Å². The lowest BCUT2D eigenvalue weighted by molar-refractivity contribution is -0.121. The van der Waals surface area contributed by atoms with Gasteiger partial charge in [0.2, 0.25) is 5.91 Å². The van der Waals surface area contributed by atoms with Crippen molar-refractivity contribution in [1.29, 1.82) is 0 Å². The Kier molecular flexibility index (Phi) is 5.84. The van der Waals surface area contributed by atoms with Crippen LogP contribution in [0, 0.1) is 0 Å². The number of nitrogens with one attached hydrogen (secondary N) is 1. The molecule has 0 aromatic heterocycles. The van der Waals surface area contributed by atoms with Crippen molar-refractivity contribution in [2.24, 2.45) is 0 Å². The molecule has 1 atom stereocenters. The highest BCUT2D eigenvalue weighted by molar-refractivity contribution is 7.90. The van der Waals surface area contributed by atoms with Gasteiger partial charge in [-0.05, 0) is 23.8 Å². The van der Waals surface area contributed by atoms with Gasteiger partial charge in [-0.3, -0.25) is 4.79 Å². The molecule has 0 radical (unpaired) electrons. The molecule has 1 N–H and O–H groups in total. The second-order valence-electron chi connectivity index (χ2n) is 6.27. The summed E-state index contributed by atoms with van der Waals surface area (Å²) in [4.78, 5) is 12.2. The van der Waals surface area contributed by atoms with Crippen LogP contribution in [0.1, 0.15) is 30.0 Å². The monoisotopic (exact) mass is 393 g/mol. The highest BCUT2D eigenvalue weighted by Crippen LogP contribution is 2.31. The first-order chi connectivity index (χ1) is 12.4. The van der Waals surface area contributed by atoms with Crippen LogP contribution in [-0.4, -0.2) is 26.7 Å². The molecule has 0 saturated carbocycles. The van der Waals surface area contributed by atoms with Crippen LogP contribution >= 0.6 is 11.6 Å². The predicted octanol–water partition coefficient (Wildman–Crippen LogP) is 3.28. The maximum absolute atomic E-state index is 12.3. The quantitative estimate of drug-likeness (QED) is 0.817. The van der Waals surface area contributed by atoms with E-state index < -0.39 is 9.84 Å². The molecule has 5 nitrogen and oxygen atoms in total. The number of halogens is 1. The minimum absolute atomic E-state index is 0.0670. The Hall–Kier alpha value is -2.05. The van der Waals surface area contributed by atoms with Crippen molar-refractivity contribution >= 4 is 27.3 Å². The molecule has 7 heteroatoms. The van der Waals surface area contributed by atoms with E-state index in [9.17, 15) is 13.2 Å². The Labute approximate surface area is 158 Å². The van der Waals surface area contributed by atoms with Gasteiger partial charge in [-0.25, -0.2) is 8.42 Å². The fourth-order valence-corrected chi connectivity index (χ4v) is 4.50. The van der Waals surface area contributed by atoms with Gasteiger partial charge in [-0.15, -0.1) is 0 Å². The SMILES string of the molecule is O=C(CCS(=O)(=O)Cc1cccc(Cl)c1)N[C@@H]1CCOc2ccccc21. The highest BCUT2D eigenvalue weighted by Gasteiger charge is 2.23. The second-order valence-corrected chi connectivity index (χ2v) is 8.89. The van der Waals surface area contributed by atoms with E-state index in [2.05, 4.69) is 5.32 Å². The van der Waals surface area contributed by atoms with Crippen molar-refractivity contribution in [1.82, 2.24) is 5.32 Å². The number of amides is 1. The Morgan fingerprint density at radius 2 is 2.00 bits per heavy atom. The molecule has 1 aliphatic rings. The molecule has 0 spiro atoms. The third kappa shape index (κ3) is 4.99. The zero-order valence-electron chi connectivity index (χ0n) is 14.2. The van der Waals surface area contributed by atoms with E-state index in [0.29, 0.717) is 23.6 Å². The summed E-state index contributed by atoms with van der Waals surface area (Å²) in [6, 6.07) is 14.1. The van der Waals surface area contributed by atoms with E-state index in [1.165, 1.54) is 0 Å². The van der Waals surface area contributed by atoms with E-state index in [1.807, 2.05) is 24.3 Å². The van der Waals surface area contributed by atoms with Gasteiger partial charge in [0.15, 0.2) is 9.84 Å². The van der Waals surface area contributed by atoms with E-state index in [4.69, 9.17) is 16.3 Å². The average molecular weight is 394 g/mol. The molecule has 1 amide bonds. The minimum atomic E-state index is -3.39. The number of para-hydroxylation sites is 1. The maximum atomic E-state index is 12.3. The summed E-state index contributed by atoms with van der Waals surface area (Å²) in [6.07, 6.45) is 0.598. The molecular weight excluding hydrogens is 374 g/mol. The summed E-state index contributed by atoms with van der Waals surface area (Å²) < 4.78 is 30.1. The van der Waals surface area contributed by atoms with Crippen LogP contribution in [0.3, 0.4) is 0 Å². The molecular formula is C19H20ClNO4S. The van der Waals surface area contributed by atoms with Crippen molar-refractivity contribution in [2.45, 2.75) is 24.6 Å². The van der Waals surface area contributed by atoms with Gasteiger partial charge in [-0.2, -0.15) is 0 Å².